The zero-order valence-corrected chi connectivity index (χ0v) is 12.3. The molecule has 0 saturated carbocycles. The molecule has 1 aliphatic rings. The van der Waals surface area contributed by atoms with Gasteiger partial charge in [-0.2, -0.15) is 0 Å². The molecule has 1 rings (SSSR count). The average Bonchev–Trinajstić information content (AvgIpc) is 2.50. The van der Waals surface area contributed by atoms with Crippen LogP contribution in [0.5, 0.6) is 0 Å². The van der Waals surface area contributed by atoms with Crippen LogP contribution in [-0.4, -0.2) is 31.2 Å². The van der Waals surface area contributed by atoms with Crippen LogP contribution in [0.25, 0.3) is 0 Å². The Balaban J connectivity index is 2.47. The Morgan fingerprint density at radius 3 is 2.33 bits per heavy atom. The molecule has 1 fully saturated rings. The van der Waals surface area contributed by atoms with Crippen LogP contribution >= 0.6 is 0 Å². The molecule has 0 radical (unpaired) electrons. The Hall–Kier alpha value is 0.314. The molecule has 0 amide bonds. The molecule has 3 nitrogen and oxygen atoms in total. The Kier molecular flexibility index (Phi) is 6.75. The van der Waals surface area contributed by atoms with E-state index in [0.717, 1.165) is 25.9 Å². The maximum atomic E-state index is 6.36. The highest BCUT2D eigenvalue weighted by molar-refractivity contribution is 6.77. The van der Waals surface area contributed by atoms with Crippen molar-refractivity contribution >= 4 is 18.1 Å². The lowest BCUT2D eigenvalue weighted by Crippen LogP contribution is -2.39. The second-order valence-corrected chi connectivity index (χ2v) is 10.8. The van der Waals surface area contributed by atoms with Crippen LogP contribution in [0.2, 0.25) is 24.2 Å². The SMILES string of the molecule is NCCC[Si]1(CCCN)CCCC[SiH2]O1. The van der Waals surface area contributed by atoms with Gasteiger partial charge in [-0.1, -0.05) is 12.8 Å². The first kappa shape index (κ1) is 13.4. The van der Waals surface area contributed by atoms with E-state index >= 15 is 0 Å². The molecule has 0 atom stereocenters. The Morgan fingerprint density at radius 1 is 1.07 bits per heavy atom. The molecule has 0 aromatic rings. The van der Waals surface area contributed by atoms with Gasteiger partial charge in [-0.25, -0.2) is 0 Å². The van der Waals surface area contributed by atoms with Crippen molar-refractivity contribution in [1.29, 1.82) is 0 Å². The monoisotopic (exact) mass is 246 g/mol. The maximum absolute atomic E-state index is 6.36. The molecule has 1 saturated heterocycles. The van der Waals surface area contributed by atoms with Crippen LogP contribution in [0.4, 0.5) is 0 Å². The molecule has 0 aliphatic carbocycles. The highest BCUT2D eigenvalue weighted by atomic mass is 28.4. The van der Waals surface area contributed by atoms with Gasteiger partial charge in [0.2, 0.25) is 0 Å². The van der Waals surface area contributed by atoms with Crippen LogP contribution in [0, 0.1) is 0 Å². The van der Waals surface area contributed by atoms with Gasteiger partial charge in [-0.3, -0.25) is 0 Å². The van der Waals surface area contributed by atoms with Gasteiger partial charge in [-0.05, 0) is 50.1 Å². The van der Waals surface area contributed by atoms with Crippen LogP contribution in [0.3, 0.4) is 0 Å². The third-order valence-corrected chi connectivity index (χ3v) is 11.2. The van der Waals surface area contributed by atoms with Crippen molar-refractivity contribution in [2.75, 3.05) is 13.1 Å². The summed E-state index contributed by atoms with van der Waals surface area (Å²) in [6, 6.07) is 5.34. The first-order valence-electron chi connectivity index (χ1n) is 6.37. The van der Waals surface area contributed by atoms with E-state index in [9.17, 15) is 0 Å². The van der Waals surface area contributed by atoms with Gasteiger partial charge in [0.1, 0.15) is 9.76 Å². The molecular formula is C10H26N2OSi2. The molecular weight excluding hydrogens is 220 g/mol. The van der Waals surface area contributed by atoms with Crippen LogP contribution < -0.4 is 11.5 Å². The predicted octanol–water partition coefficient (Wildman–Crippen LogP) is 0.942. The molecule has 90 valence electrons. The van der Waals surface area contributed by atoms with Crippen molar-refractivity contribution in [2.45, 2.75) is 49.9 Å². The zero-order chi connectivity index (χ0) is 11.0. The van der Waals surface area contributed by atoms with Crippen molar-refractivity contribution < 1.29 is 4.12 Å². The fraction of sp³-hybridized carbons (Fsp3) is 1.00. The summed E-state index contributed by atoms with van der Waals surface area (Å²) < 4.78 is 6.36. The van der Waals surface area contributed by atoms with Crippen molar-refractivity contribution in [3.05, 3.63) is 0 Å². The summed E-state index contributed by atoms with van der Waals surface area (Å²) in [5.74, 6) is 0. The molecule has 0 aromatic heterocycles. The Labute approximate surface area is 97.0 Å². The standard InChI is InChI=1S/C10H26N2OSi2/c11-5-3-9-15(10-4-6-12)8-2-1-7-14-13-15/h1-12,14H2. The summed E-state index contributed by atoms with van der Waals surface area (Å²) in [6.07, 6.45) is 5.12. The molecule has 0 spiro atoms. The van der Waals surface area contributed by atoms with Crippen LogP contribution in [0.1, 0.15) is 25.7 Å². The van der Waals surface area contributed by atoms with E-state index in [2.05, 4.69) is 0 Å². The summed E-state index contributed by atoms with van der Waals surface area (Å²) in [7, 11) is -1.58. The fourth-order valence-electron chi connectivity index (χ4n) is 2.45. The lowest BCUT2D eigenvalue weighted by atomic mass is 10.4. The topological polar surface area (TPSA) is 61.3 Å². The van der Waals surface area contributed by atoms with Gasteiger partial charge in [0.05, 0.1) is 0 Å². The average molecular weight is 247 g/mol. The summed E-state index contributed by atoms with van der Waals surface area (Å²) in [5.41, 5.74) is 11.3. The minimum atomic E-state index is -1.37. The van der Waals surface area contributed by atoms with Gasteiger partial charge in [0.15, 0.2) is 8.32 Å². The lowest BCUT2D eigenvalue weighted by molar-refractivity contribution is 0.556. The third-order valence-electron chi connectivity index (χ3n) is 3.36. The largest absolute Gasteiger partial charge is 0.460 e. The van der Waals surface area contributed by atoms with Gasteiger partial charge in [0, 0.05) is 0 Å². The summed E-state index contributed by atoms with van der Waals surface area (Å²) >= 11 is 0. The summed E-state index contributed by atoms with van der Waals surface area (Å²) in [4.78, 5) is 0. The second kappa shape index (κ2) is 7.56. The Morgan fingerprint density at radius 2 is 1.73 bits per heavy atom. The molecule has 1 heterocycles. The van der Waals surface area contributed by atoms with Gasteiger partial charge in [-0.15, -0.1) is 0 Å². The fourth-order valence-corrected chi connectivity index (χ4v) is 10.4. The molecule has 0 bridgehead atoms. The zero-order valence-electron chi connectivity index (χ0n) is 9.84. The maximum Gasteiger partial charge on any atom is 0.179 e. The molecule has 1 aliphatic heterocycles. The van der Waals surface area contributed by atoms with E-state index in [0.29, 0.717) is 0 Å². The van der Waals surface area contributed by atoms with Crippen molar-refractivity contribution in [3.8, 4) is 0 Å². The van der Waals surface area contributed by atoms with Crippen LogP contribution in [-0.2, 0) is 4.12 Å². The van der Waals surface area contributed by atoms with E-state index in [1.807, 2.05) is 0 Å². The van der Waals surface area contributed by atoms with Crippen molar-refractivity contribution in [3.63, 3.8) is 0 Å². The number of rotatable bonds is 6. The number of hydrogen-bond acceptors (Lipinski definition) is 3. The minimum absolute atomic E-state index is 0.206. The summed E-state index contributed by atoms with van der Waals surface area (Å²) in [5, 5.41) is 0. The smallest absolute Gasteiger partial charge is 0.179 e. The van der Waals surface area contributed by atoms with E-state index < -0.39 is 8.32 Å². The number of hydrogen-bond donors (Lipinski definition) is 2. The van der Waals surface area contributed by atoms with Crippen molar-refractivity contribution in [1.82, 2.24) is 0 Å². The Bertz CT molecular complexity index is 152. The van der Waals surface area contributed by atoms with Crippen molar-refractivity contribution in [2.24, 2.45) is 11.5 Å². The molecule has 15 heavy (non-hydrogen) atoms. The van der Waals surface area contributed by atoms with Gasteiger partial charge in [0.25, 0.3) is 0 Å². The highest BCUT2D eigenvalue weighted by Crippen LogP contribution is 2.30. The summed E-state index contributed by atoms with van der Waals surface area (Å²) in [6.45, 7) is 1.64. The van der Waals surface area contributed by atoms with Gasteiger partial charge < -0.3 is 15.6 Å². The molecule has 0 unspecified atom stereocenters. The minimum Gasteiger partial charge on any atom is -0.460 e. The molecule has 5 heteroatoms. The normalized spacial score (nSPS) is 22.8. The van der Waals surface area contributed by atoms with Gasteiger partial charge >= 0.3 is 0 Å². The second-order valence-electron chi connectivity index (χ2n) is 4.63. The van der Waals surface area contributed by atoms with Crippen LogP contribution in [0.15, 0.2) is 0 Å². The number of nitrogens with two attached hydrogens (primary N) is 2. The lowest BCUT2D eigenvalue weighted by Gasteiger charge is -2.30. The first-order valence-corrected chi connectivity index (χ1v) is 10.5. The first-order chi connectivity index (χ1) is 7.33. The van der Waals surface area contributed by atoms with E-state index in [4.69, 9.17) is 15.6 Å². The van der Waals surface area contributed by atoms with E-state index in [1.54, 1.807) is 0 Å². The van der Waals surface area contributed by atoms with E-state index in [1.165, 1.54) is 37.0 Å². The quantitative estimate of drug-likeness (QED) is 0.686. The predicted molar refractivity (Wildman–Crippen MR) is 71.2 cm³/mol. The molecule has 4 N–H and O–H groups in total. The molecule has 0 aromatic carbocycles. The van der Waals surface area contributed by atoms with E-state index in [-0.39, 0.29) is 9.76 Å². The highest BCUT2D eigenvalue weighted by Gasteiger charge is 2.33. The third kappa shape index (κ3) is 4.78.